The highest BCUT2D eigenvalue weighted by molar-refractivity contribution is 5.20. The van der Waals surface area contributed by atoms with Crippen LogP contribution < -0.4 is 0 Å². The lowest BCUT2D eigenvalue weighted by atomic mass is 10.0. The van der Waals surface area contributed by atoms with Crippen LogP contribution in [0.2, 0.25) is 0 Å². The number of aliphatic hydroxyl groups excluding tert-OH is 1. The molecule has 1 aromatic rings. The maximum absolute atomic E-state index is 13.5. The standard InChI is InChI=1S/C15H20FNO/c1-15(2)11-7-17(8-12(11)15)9-14(18)10-5-3-4-6-13(10)16/h3-6,11-12,14,18H,7-9H2,1-2H3. The van der Waals surface area contributed by atoms with E-state index < -0.39 is 6.10 Å². The number of fused-ring (bicyclic) bond motifs is 1. The molecule has 3 unspecified atom stereocenters. The summed E-state index contributed by atoms with van der Waals surface area (Å²) in [5.41, 5.74) is 0.900. The van der Waals surface area contributed by atoms with Gasteiger partial charge in [0.05, 0.1) is 6.10 Å². The first-order chi connectivity index (χ1) is 8.50. The summed E-state index contributed by atoms with van der Waals surface area (Å²) in [5.74, 6) is 1.23. The largest absolute Gasteiger partial charge is 0.387 e. The molecule has 0 aromatic heterocycles. The van der Waals surface area contributed by atoms with Crippen LogP contribution in [0, 0.1) is 23.1 Å². The molecule has 1 aromatic carbocycles. The second kappa shape index (κ2) is 4.04. The average molecular weight is 249 g/mol. The summed E-state index contributed by atoms with van der Waals surface area (Å²) in [4.78, 5) is 2.26. The summed E-state index contributed by atoms with van der Waals surface area (Å²) in [6.45, 7) is 7.26. The van der Waals surface area contributed by atoms with Gasteiger partial charge in [-0.05, 0) is 23.3 Å². The van der Waals surface area contributed by atoms with Crippen molar-refractivity contribution in [1.82, 2.24) is 4.90 Å². The number of benzene rings is 1. The minimum absolute atomic E-state index is 0.310. The lowest BCUT2D eigenvalue weighted by Gasteiger charge is -2.24. The topological polar surface area (TPSA) is 23.5 Å². The third-order valence-electron chi connectivity index (χ3n) is 4.89. The molecule has 3 heteroatoms. The molecule has 0 amide bonds. The Morgan fingerprint density at radius 3 is 2.56 bits per heavy atom. The van der Waals surface area contributed by atoms with Crippen molar-refractivity contribution in [2.45, 2.75) is 20.0 Å². The summed E-state index contributed by atoms with van der Waals surface area (Å²) in [6.07, 6.45) is -0.716. The predicted octanol–water partition coefficient (Wildman–Crippen LogP) is 2.45. The third-order valence-corrected chi connectivity index (χ3v) is 4.89. The van der Waals surface area contributed by atoms with Gasteiger partial charge in [-0.15, -0.1) is 0 Å². The van der Waals surface area contributed by atoms with Crippen molar-refractivity contribution in [2.75, 3.05) is 19.6 Å². The molecule has 0 radical (unpaired) electrons. The van der Waals surface area contributed by atoms with Gasteiger partial charge in [-0.3, -0.25) is 4.90 Å². The predicted molar refractivity (Wildman–Crippen MR) is 68.6 cm³/mol. The van der Waals surface area contributed by atoms with Crippen molar-refractivity contribution >= 4 is 0 Å². The number of nitrogens with zero attached hydrogens (tertiary/aromatic N) is 1. The smallest absolute Gasteiger partial charge is 0.129 e. The molecule has 3 atom stereocenters. The fourth-order valence-electron chi connectivity index (χ4n) is 3.45. The molecule has 1 heterocycles. The monoisotopic (exact) mass is 249 g/mol. The summed E-state index contributed by atoms with van der Waals surface area (Å²) in [6, 6.07) is 6.50. The lowest BCUT2D eigenvalue weighted by molar-refractivity contribution is 0.110. The Morgan fingerprint density at radius 2 is 1.94 bits per heavy atom. The fraction of sp³-hybridized carbons (Fsp3) is 0.600. The molecule has 1 aliphatic heterocycles. The van der Waals surface area contributed by atoms with E-state index in [1.807, 2.05) is 0 Å². The van der Waals surface area contributed by atoms with Crippen LogP contribution in [0.15, 0.2) is 24.3 Å². The molecule has 1 aliphatic carbocycles. The Morgan fingerprint density at radius 1 is 1.33 bits per heavy atom. The first-order valence-corrected chi connectivity index (χ1v) is 6.65. The Hall–Kier alpha value is -0.930. The zero-order valence-electron chi connectivity index (χ0n) is 10.9. The fourth-order valence-corrected chi connectivity index (χ4v) is 3.45. The van der Waals surface area contributed by atoms with E-state index in [1.165, 1.54) is 6.07 Å². The summed E-state index contributed by atoms with van der Waals surface area (Å²) >= 11 is 0. The minimum atomic E-state index is -0.716. The number of β-amino-alcohol motifs (C(OH)–C–C–N with tert-alkyl or cyclic N) is 1. The molecule has 1 saturated carbocycles. The van der Waals surface area contributed by atoms with Gasteiger partial charge in [-0.1, -0.05) is 32.0 Å². The number of hydrogen-bond acceptors (Lipinski definition) is 2. The quantitative estimate of drug-likeness (QED) is 0.889. The zero-order chi connectivity index (χ0) is 12.9. The Kier molecular flexibility index (Phi) is 2.72. The first-order valence-electron chi connectivity index (χ1n) is 6.65. The molecule has 1 N–H and O–H groups in total. The van der Waals surface area contributed by atoms with Gasteiger partial charge in [0, 0.05) is 25.2 Å². The third kappa shape index (κ3) is 1.86. The van der Waals surface area contributed by atoms with Crippen LogP contribution >= 0.6 is 0 Å². The molecule has 2 aliphatic rings. The second-order valence-electron chi connectivity index (χ2n) is 6.29. The van der Waals surface area contributed by atoms with Crippen molar-refractivity contribution in [1.29, 1.82) is 0 Å². The number of halogens is 1. The normalized spacial score (nSPS) is 31.1. The van der Waals surface area contributed by atoms with E-state index >= 15 is 0 Å². The molecule has 98 valence electrons. The van der Waals surface area contributed by atoms with Crippen LogP contribution in [0.25, 0.3) is 0 Å². The van der Waals surface area contributed by atoms with E-state index in [4.69, 9.17) is 0 Å². The van der Waals surface area contributed by atoms with Crippen LogP contribution in [-0.2, 0) is 0 Å². The van der Waals surface area contributed by atoms with E-state index in [9.17, 15) is 9.50 Å². The number of hydrogen-bond donors (Lipinski definition) is 1. The second-order valence-corrected chi connectivity index (χ2v) is 6.29. The molecular weight excluding hydrogens is 229 g/mol. The highest BCUT2D eigenvalue weighted by Gasteiger charge is 2.61. The van der Waals surface area contributed by atoms with Gasteiger partial charge < -0.3 is 5.11 Å². The van der Waals surface area contributed by atoms with Crippen molar-refractivity contribution < 1.29 is 9.50 Å². The molecule has 18 heavy (non-hydrogen) atoms. The van der Waals surface area contributed by atoms with Crippen molar-refractivity contribution in [3.8, 4) is 0 Å². The van der Waals surface area contributed by atoms with E-state index in [1.54, 1.807) is 18.2 Å². The molecule has 3 rings (SSSR count). The van der Waals surface area contributed by atoms with Crippen LogP contribution in [0.4, 0.5) is 4.39 Å². The van der Waals surface area contributed by atoms with E-state index in [2.05, 4.69) is 18.7 Å². The molecule has 2 fully saturated rings. The van der Waals surface area contributed by atoms with Crippen molar-refractivity contribution in [3.63, 3.8) is 0 Å². The lowest BCUT2D eigenvalue weighted by Crippen LogP contribution is -2.31. The highest BCUT2D eigenvalue weighted by Crippen LogP contribution is 2.61. The zero-order valence-corrected chi connectivity index (χ0v) is 10.9. The van der Waals surface area contributed by atoms with E-state index in [0.29, 0.717) is 17.5 Å². The van der Waals surface area contributed by atoms with Crippen LogP contribution in [0.1, 0.15) is 25.5 Å². The SMILES string of the molecule is CC1(C)C2CN(CC(O)c3ccccc3F)CC21. The van der Waals surface area contributed by atoms with Crippen molar-refractivity contribution in [3.05, 3.63) is 35.6 Å². The van der Waals surface area contributed by atoms with E-state index in [-0.39, 0.29) is 5.82 Å². The van der Waals surface area contributed by atoms with Gasteiger partial charge in [0.15, 0.2) is 0 Å². The van der Waals surface area contributed by atoms with Crippen LogP contribution in [0.3, 0.4) is 0 Å². The number of piperidine rings is 1. The van der Waals surface area contributed by atoms with Gasteiger partial charge >= 0.3 is 0 Å². The summed E-state index contributed by atoms with van der Waals surface area (Å²) in [7, 11) is 0. The average Bonchev–Trinajstić information content (AvgIpc) is 2.70. The Labute approximate surface area is 107 Å². The number of likely N-dealkylation sites (tertiary alicyclic amines) is 1. The van der Waals surface area contributed by atoms with Crippen LogP contribution in [-0.4, -0.2) is 29.6 Å². The van der Waals surface area contributed by atoms with Gasteiger partial charge in [0.2, 0.25) is 0 Å². The number of aliphatic hydroxyl groups is 1. The summed E-state index contributed by atoms with van der Waals surface area (Å²) < 4.78 is 13.5. The van der Waals surface area contributed by atoms with E-state index in [0.717, 1.165) is 24.9 Å². The number of rotatable bonds is 3. The Balaban J connectivity index is 1.61. The first kappa shape index (κ1) is 12.1. The summed E-state index contributed by atoms with van der Waals surface area (Å²) in [5, 5.41) is 10.1. The van der Waals surface area contributed by atoms with Gasteiger partial charge in [0.25, 0.3) is 0 Å². The Bertz CT molecular complexity index is 446. The van der Waals surface area contributed by atoms with Crippen molar-refractivity contribution in [2.24, 2.45) is 17.3 Å². The maximum Gasteiger partial charge on any atom is 0.129 e. The van der Waals surface area contributed by atoms with Gasteiger partial charge in [0.1, 0.15) is 5.82 Å². The molecule has 0 bridgehead atoms. The van der Waals surface area contributed by atoms with Gasteiger partial charge in [-0.25, -0.2) is 4.39 Å². The molecular formula is C15H20FNO. The molecule has 1 saturated heterocycles. The maximum atomic E-state index is 13.5. The minimum Gasteiger partial charge on any atom is -0.387 e. The molecule has 0 spiro atoms. The highest BCUT2D eigenvalue weighted by atomic mass is 19.1. The molecule has 2 nitrogen and oxygen atoms in total. The van der Waals surface area contributed by atoms with Crippen LogP contribution in [0.5, 0.6) is 0 Å². The van der Waals surface area contributed by atoms with Gasteiger partial charge in [-0.2, -0.15) is 0 Å².